The van der Waals surface area contributed by atoms with Gasteiger partial charge in [-0.3, -0.25) is 4.79 Å². The number of nitrogens with zero attached hydrogens (tertiary/aromatic N) is 3. The van der Waals surface area contributed by atoms with E-state index in [1.54, 1.807) is 11.3 Å². The molecule has 0 unspecified atom stereocenters. The molecule has 1 amide bonds. The number of hydrogen-bond donors (Lipinski definition) is 0. The molecule has 0 bridgehead atoms. The molecule has 116 valence electrons. The number of piperazine rings is 1. The van der Waals surface area contributed by atoms with Crippen LogP contribution in [0.15, 0.2) is 29.6 Å². The minimum atomic E-state index is 0.237. The number of aromatic nitrogens is 1. The van der Waals surface area contributed by atoms with Crippen LogP contribution in [-0.4, -0.2) is 42.0 Å². The summed E-state index contributed by atoms with van der Waals surface area (Å²) in [5.74, 6) is 0.237. The molecule has 3 rings (SSSR count). The van der Waals surface area contributed by atoms with Gasteiger partial charge in [0.25, 0.3) is 0 Å². The SMILES string of the molecule is CCC(=O)N1CCN(c2nc(-c3ccc(Cl)cc3)cs2)CC1. The quantitative estimate of drug-likeness (QED) is 0.861. The molecular weight excluding hydrogens is 318 g/mol. The fraction of sp³-hybridized carbons (Fsp3) is 0.375. The van der Waals surface area contributed by atoms with Crippen molar-refractivity contribution in [2.45, 2.75) is 13.3 Å². The monoisotopic (exact) mass is 335 g/mol. The molecule has 0 N–H and O–H groups in total. The topological polar surface area (TPSA) is 36.4 Å². The fourth-order valence-electron chi connectivity index (χ4n) is 2.53. The summed E-state index contributed by atoms with van der Waals surface area (Å²) in [6.45, 7) is 5.16. The van der Waals surface area contributed by atoms with Crippen LogP contribution in [0.2, 0.25) is 5.02 Å². The maximum atomic E-state index is 11.7. The molecule has 0 atom stereocenters. The maximum absolute atomic E-state index is 11.7. The van der Waals surface area contributed by atoms with Gasteiger partial charge in [0.15, 0.2) is 5.13 Å². The van der Waals surface area contributed by atoms with Gasteiger partial charge in [0.05, 0.1) is 5.69 Å². The van der Waals surface area contributed by atoms with Crippen LogP contribution in [-0.2, 0) is 4.79 Å². The molecule has 22 heavy (non-hydrogen) atoms. The lowest BCUT2D eigenvalue weighted by atomic mass is 10.2. The van der Waals surface area contributed by atoms with Gasteiger partial charge in [0.2, 0.25) is 5.91 Å². The summed E-state index contributed by atoms with van der Waals surface area (Å²) in [4.78, 5) is 20.6. The van der Waals surface area contributed by atoms with Gasteiger partial charge in [0, 0.05) is 48.6 Å². The Morgan fingerprint density at radius 1 is 1.23 bits per heavy atom. The smallest absolute Gasteiger partial charge is 0.222 e. The highest BCUT2D eigenvalue weighted by Crippen LogP contribution is 2.28. The van der Waals surface area contributed by atoms with Crippen molar-refractivity contribution in [2.24, 2.45) is 0 Å². The molecule has 1 aromatic carbocycles. The van der Waals surface area contributed by atoms with Crippen molar-refractivity contribution in [1.82, 2.24) is 9.88 Å². The maximum Gasteiger partial charge on any atom is 0.222 e. The number of rotatable bonds is 3. The third-order valence-electron chi connectivity index (χ3n) is 3.84. The lowest BCUT2D eigenvalue weighted by Gasteiger charge is -2.34. The van der Waals surface area contributed by atoms with E-state index in [1.165, 1.54) is 0 Å². The van der Waals surface area contributed by atoms with Gasteiger partial charge in [-0.1, -0.05) is 30.7 Å². The van der Waals surface area contributed by atoms with Crippen LogP contribution in [0, 0.1) is 0 Å². The summed E-state index contributed by atoms with van der Waals surface area (Å²) >= 11 is 7.57. The largest absolute Gasteiger partial charge is 0.345 e. The Kier molecular flexibility index (Phi) is 4.64. The van der Waals surface area contributed by atoms with E-state index in [9.17, 15) is 4.79 Å². The molecule has 1 aliphatic rings. The van der Waals surface area contributed by atoms with E-state index >= 15 is 0 Å². The normalized spacial score (nSPS) is 15.2. The van der Waals surface area contributed by atoms with Crippen molar-refractivity contribution < 1.29 is 4.79 Å². The van der Waals surface area contributed by atoms with Crippen molar-refractivity contribution in [3.63, 3.8) is 0 Å². The standard InChI is InChI=1S/C16H18ClN3OS/c1-2-15(21)19-7-9-20(10-8-19)16-18-14(11-22-16)12-3-5-13(17)6-4-12/h3-6,11H,2,7-10H2,1H3. The zero-order chi connectivity index (χ0) is 15.5. The van der Waals surface area contributed by atoms with Crippen LogP contribution in [0.25, 0.3) is 11.3 Å². The molecule has 2 aromatic rings. The molecule has 0 saturated carbocycles. The summed E-state index contributed by atoms with van der Waals surface area (Å²) < 4.78 is 0. The van der Waals surface area contributed by atoms with E-state index in [0.717, 1.165) is 47.6 Å². The molecule has 1 aromatic heterocycles. The number of thiazole rings is 1. The highest BCUT2D eigenvalue weighted by Gasteiger charge is 2.21. The molecule has 4 nitrogen and oxygen atoms in total. The van der Waals surface area contributed by atoms with Gasteiger partial charge in [-0.15, -0.1) is 11.3 Å². The summed E-state index contributed by atoms with van der Waals surface area (Å²) in [7, 11) is 0. The third-order valence-corrected chi connectivity index (χ3v) is 4.99. The Hall–Kier alpha value is -1.59. The summed E-state index contributed by atoms with van der Waals surface area (Å²) in [5, 5.41) is 3.83. The zero-order valence-electron chi connectivity index (χ0n) is 12.5. The van der Waals surface area contributed by atoms with Gasteiger partial charge < -0.3 is 9.80 Å². The van der Waals surface area contributed by atoms with Crippen molar-refractivity contribution in [2.75, 3.05) is 31.1 Å². The Bertz CT molecular complexity index is 648. The van der Waals surface area contributed by atoms with Crippen LogP contribution in [0.3, 0.4) is 0 Å². The van der Waals surface area contributed by atoms with E-state index in [0.29, 0.717) is 6.42 Å². The Labute approximate surface area is 139 Å². The number of halogens is 1. The molecule has 0 radical (unpaired) electrons. The average Bonchev–Trinajstić information content (AvgIpc) is 3.05. The lowest BCUT2D eigenvalue weighted by molar-refractivity contribution is -0.131. The van der Waals surface area contributed by atoms with E-state index in [1.807, 2.05) is 36.1 Å². The number of anilines is 1. The van der Waals surface area contributed by atoms with Crippen LogP contribution >= 0.6 is 22.9 Å². The highest BCUT2D eigenvalue weighted by atomic mass is 35.5. The Balaban J connectivity index is 1.67. The van der Waals surface area contributed by atoms with Crippen molar-refractivity contribution in [3.05, 3.63) is 34.7 Å². The van der Waals surface area contributed by atoms with Crippen LogP contribution in [0.4, 0.5) is 5.13 Å². The Morgan fingerprint density at radius 3 is 2.55 bits per heavy atom. The molecule has 1 fully saturated rings. The van der Waals surface area contributed by atoms with Gasteiger partial charge in [-0.25, -0.2) is 4.98 Å². The second-order valence-electron chi connectivity index (χ2n) is 5.24. The van der Waals surface area contributed by atoms with Crippen LogP contribution < -0.4 is 4.90 Å². The van der Waals surface area contributed by atoms with E-state index in [2.05, 4.69) is 10.3 Å². The second-order valence-corrected chi connectivity index (χ2v) is 6.52. The number of benzene rings is 1. The Morgan fingerprint density at radius 2 is 1.91 bits per heavy atom. The second kappa shape index (κ2) is 6.67. The first-order valence-electron chi connectivity index (χ1n) is 7.41. The van der Waals surface area contributed by atoms with E-state index in [-0.39, 0.29) is 5.91 Å². The summed E-state index contributed by atoms with van der Waals surface area (Å²) in [6, 6.07) is 7.73. The molecular formula is C16H18ClN3OS. The van der Waals surface area contributed by atoms with E-state index in [4.69, 9.17) is 16.6 Å². The zero-order valence-corrected chi connectivity index (χ0v) is 14.0. The van der Waals surface area contributed by atoms with Crippen molar-refractivity contribution >= 4 is 34.0 Å². The first kappa shape index (κ1) is 15.3. The molecule has 2 heterocycles. The van der Waals surface area contributed by atoms with Crippen molar-refractivity contribution in [3.8, 4) is 11.3 Å². The number of carbonyl (C=O) groups excluding carboxylic acids is 1. The first-order chi connectivity index (χ1) is 10.7. The van der Waals surface area contributed by atoms with E-state index < -0.39 is 0 Å². The van der Waals surface area contributed by atoms with Gasteiger partial charge in [0.1, 0.15) is 0 Å². The molecule has 6 heteroatoms. The first-order valence-corrected chi connectivity index (χ1v) is 8.67. The van der Waals surface area contributed by atoms with Crippen LogP contribution in [0.1, 0.15) is 13.3 Å². The van der Waals surface area contributed by atoms with Gasteiger partial charge in [-0.2, -0.15) is 0 Å². The van der Waals surface area contributed by atoms with Gasteiger partial charge >= 0.3 is 0 Å². The predicted molar refractivity (Wildman–Crippen MR) is 91.6 cm³/mol. The highest BCUT2D eigenvalue weighted by molar-refractivity contribution is 7.14. The third kappa shape index (κ3) is 3.25. The molecule has 1 saturated heterocycles. The fourth-order valence-corrected chi connectivity index (χ4v) is 3.55. The summed E-state index contributed by atoms with van der Waals surface area (Å²) in [6.07, 6.45) is 0.581. The summed E-state index contributed by atoms with van der Waals surface area (Å²) in [5.41, 5.74) is 2.05. The minimum absolute atomic E-state index is 0.237. The van der Waals surface area contributed by atoms with Gasteiger partial charge in [-0.05, 0) is 12.1 Å². The predicted octanol–water partition coefficient (Wildman–Crippen LogP) is 3.52. The minimum Gasteiger partial charge on any atom is -0.345 e. The molecule has 0 spiro atoms. The average molecular weight is 336 g/mol. The van der Waals surface area contributed by atoms with Crippen molar-refractivity contribution in [1.29, 1.82) is 0 Å². The number of carbonyl (C=O) groups is 1. The molecule has 0 aliphatic carbocycles. The number of hydrogen-bond acceptors (Lipinski definition) is 4. The lowest BCUT2D eigenvalue weighted by Crippen LogP contribution is -2.48. The molecule has 1 aliphatic heterocycles. The number of amides is 1. The van der Waals surface area contributed by atoms with Crippen LogP contribution in [0.5, 0.6) is 0 Å².